The standard InChI is InChI=1S/C58H70FN7O15S/c1-8-58(40-24-44-52-38(26-66(44)55(74)39(40)29-79-56(58)75)50-42(61-47(70)27-67)18-17-37-34(6)41(59)25-43(62-52)49(37)50)81-30-64(20-21-82(7,77)78)57(76)80-28-35-13-15-36(16-14-35)60-53(72)32(4)22-45(68)51(31(2)3)63-46(69)12-10-9-11-19-65-48(71)23-33(5)54(65)73/h13-16,24-25,31-33,42,51,67H,8-12,17-23,26-30H2,1-7H3,(H,60,72)(H,61,70)(H,63,69)/t32-,33?,42+,51+,58+/m1/s1. The molecule has 0 radical (unpaired) electrons. The molecule has 6 amide bonds. The highest BCUT2D eigenvalue weighted by atomic mass is 32.2. The molecule has 1 fully saturated rings. The summed E-state index contributed by atoms with van der Waals surface area (Å²) in [5.74, 6) is -5.29. The number of pyridine rings is 2. The average molecular weight is 1160 g/mol. The van der Waals surface area contributed by atoms with Gasteiger partial charge in [0.25, 0.3) is 5.56 Å². The maximum Gasteiger partial charge on any atom is 0.411 e. The third kappa shape index (κ3) is 12.8. The monoisotopic (exact) mass is 1160 g/mol. The molecule has 1 aliphatic carbocycles. The molecule has 22 nitrogen and oxygen atoms in total. The maximum atomic E-state index is 15.5. The van der Waals surface area contributed by atoms with Crippen LogP contribution in [0.2, 0.25) is 0 Å². The first-order chi connectivity index (χ1) is 38.9. The number of nitrogens with one attached hydrogen (secondary N) is 3. The second-order valence-electron chi connectivity index (χ2n) is 22.2. The van der Waals surface area contributed by atoms with E-state index in [0.29, 0.717) is 77.7 Å². The Kier molecular flexibility index (Phi) is 18.5. The highest BCUT2D eigenvalue weighted by Gasteiger charge is 2.49. The molecule has 5 atom stereocenters. The SMILES string of the molecule is CC[C@@]1(OCN(CCS(C)(=O)=O)C(=O)OCc2ccc(NC(=O)[C@H](C)CC(=O)[C@@H](NC(=O)CCCCCN3C(=O)CC(C)C3=O)C(C)C)cc2)C(=O)OCc2c1cc1n(c2=O)Cc2c-1nc1cc(F)c(C)c3c1c2[C@@H](NC(=O)CO)CC3. The average Bonchev–Trinajstić information content (AvgIpc) is 2.79. The zero-order valence-electron chi connectivity index (χ0n) is 47.1. The molecule has 4 aromatic rings. The van der Waals surface area contributed by atoms with E-state index in [4.69, 9.17) is 19.2 Å². The van der Waals surface area contributed by atoms with Crippen LogP contribution in [0, 0.1) is 30.5 Å². The first-order valence-corrected chi connectivity index (χ1v) is 29.7. The third-order valence-electron chi connectivity index (χ3n) is 15.9. The number of anilines is 1. The Morgan fingerprint density at radius 3 is 2.39 bits per heavy atom. The molecule has 1 saturated heterocycles. The lowest BCUT2D eigenvalue weighted by atomic mass is 9.81. The number of ketones is 1. The van der Waals surface area contributed by atoms with Gasteiger partial charge in [-0.15, -0.1) is 0 Å². The molecule has 440 valence electrons. The smallest absolute Gasteiger partial charge is 0.411 e. The van der Waals surface area contributed by atoms with E-state index < -0.39 is 101 Å². The van der Waals surface area contributed by atoms with Gasteiger partial charge in [-0.2, -0.15) is 0 Å². The molecule has 4 N–H and O–H groups in total. The zero-order valence-corrected chi connectivity index (χ0v) is 47.9. The van der Waals surface area contributed by atoms with Crippen LogP contribution < -0.4 is 21.5 Å². The van der Waals surface area contributed by atoms with Crippen molar-refractivity contribution < 1.29 is 70.5 Å². The van der Waals surface area contributed by atoms with Gasteiger partial charge in [0.2, 0.25) is 29.5 Å². The van der Waals surface area contributed by atoms with Gasteiger partial charge in [-0.1, -0.05) is 53.2 Å². The minimum absolute atomic E-state index is 0.0119. The number of amides is 6. The van der Waals surface area contributed by atoms with Crippen LogP contribution in [0.25, 0.3) is 22.3 Å². The number of sulfone groups is 1. The van der Waals surface area contributed by atoms with Gasteiger partial charge in [0.1, 0.15) is 42.2 Å². The van der Waals surface area contributed by atoms with E-state index in [1.807, 2.05) is 0 Å². The summed E-state index contributed by atoms with van der Waals surface area (Å²) in [6.45, 7) is 7.89. The Morgan fingerprint density at radius 1 is 1.00 bits per heavy atom. The summed E-state index contributed by atoms with van der Waals surface area (Å²) in [4.78, 5) is 126. The lowest BCUT2D eigenvalue weighted by Gasteiger charge is -2.37. The number of cyclic esters (lactones) is 1. The number of imide groups is 1. The Balaban J connectivity index is 0.907. The van der Waals surface area contributed by atoms with Crippen molar-refractivity contribution in [2.75, 3.05) is 43.8 Å². The van der Waals surface area contributed by atoms with E-state index in [9.17, 15) is 56.7 Å². The summed E-state index contributed by atoms with van der Waals surface area (Å²) in [5.41, 5.74) is 1.78. The number of aryl methyl sites for hydroxylation is 1. The number of hydrogen-bond donors (Lipinski definition) is 4. The van der Waals surface area contributed by atoms with Crippen molar-refractivity contribution in [3.05, 3.63) is 91.5 Å². The molecule has 4 aliphatic rings. The number of likely N-dealkylation sites (tertiary alicyclic amines) is 1. The van der Waals surface area contributed by atoms with Gasteiger partial charge in [0, 0.05) is 78.7 Å². The number of aliphatic hydroxyl groups excluding tert-OH is 1. The molecule has 82 heavy (non-hydrogen) atoms. The van der Waals surface area contributed by atoms with Crippen molar-refractivity contribution >= 4 is 73.8 Å². The van der Waals surface area contributed by atoms with E-state index in [1.165, 1.54) is 15.5 Å². The number of carbonyl (C=O) groups excluding carboxylic acids is 8. The van der Waals surface area contributed by atoms with E-state index in [2.05, 4.69) is 16.0 Å². The highest BCUT2D eigenvalue weighted by Crippen LogP contribution is 2.46. The minimum Gasteiger partial charge on any atom is -0.458 e. The van der Waals surface area contributed by atoms with Crippen LogP contribution in [0.15, 0.2) is 41.2 Å². The van der Waals surface area contributed by atoms with Gasteiger partial charge in [0.05, 0.1) is 46.8 Å². The lowest BCUT2D eigenvalue weighted by molar-refractivity contribution is -0.187. The van der Waals surface area contributed by atoms with Crippen LogP contribution in [-0.2, 0) is 89.4 Å². The fourth-order valence-electron chi connectivity index (χ4n) is 11.2. The fraction of sp³-hybridized carbons (Fsp3) is 0.517. The van der Waals surface area contributed by atoms with Crippen LogP contribution in [0.4, 0.5) is 14.9 Å². The number of fused-ring (bicyclic) bond motifs is 5. The van der Waals surface area contributed by atoms with Gasteiger partial charge in [-0.05, 0) is 85.4 Å². The molecular formula is C58H70FN7O15S. The molecule has 0 bridgehead atoms. The number of ether oxygens (including phenoxy) is 3. The number of nitrogens with zero attached hydrogens (tertiary/aromatic N) is 4. The molecule has 2 aromatic carbocycles. The topological polar surface area (TPSA) is 296 Å². The summed E-state index contributed by atoms with van der Waals surface area (Å²) in [6, 6.07) is 7.74. The van der Waals surface area contributed by atoms with Gasteiger partial charge in [0.15, 0.2) is 11.4 Å². The third-order valence-corrected chi connectivity index (χ3v) is 16.8. The summed E-state index contributed by atoms with van der Waals surface area (Å²) >= 11 is 0. The molecule has 1 unspecified atom stereocenters. The van der Waals surface area contributed by atoms with Crippen LogP contribution >= 0.6 is 0 Å². The Bertz CT molecular complexity index is 3420. The van der Waals surface area contributed by atoms with Crippen molar-refractivity contribution in [2.45, 2.75) is 137 Å². The van der Waals surface area contributed by atoms with E-state index in [0.717, 1.165) is 16.7 Å². The minimum atomic E-state index is -3.67. The number of aliphatic hydroxyl groups is 1. The summed E-state index contributed by atoms with van der Waals surface area (Å²) in [6.07, 6.45) is 2.54. The van der Waals surface area contributed by atoms with Crippen LogP contribution in [0.3, 0.4) is 0 Å². The molecular weight excluding hydrogens is 1090 g/mol. The second-order valence-corrected chi connectivity index (χ2v) is 24.4. The molecule has 3 aliphatic heterocycles. The van der Waals surface area contributed by atoms with Crippen molar-refractivity contribution in [3.8, 4) is 11.4 Å². The first kappa shape index (κ1) is 60.7. The molecule has 0 spiro atoms. The van der Waals surface area contributed by atoms with Crippen molar-refractivity contribution in [1.82, 2.24) is 30.0 Å². The number of aromatic nitrogens is 2. The normalized spacial score (nSPS) is 18.8. The molecule has 24 heteroatoms. The molecule has 0 saturated carbocycles. The van der Waals surface area contributed by atoms with Crippen LogP contribution in [0.1, 0.15) is 131 Å². The quantitative estimate of drug-likeness (QED) is 0.0276. The summed E-state index contributed by atoms with van der Waals surface area (Å²) in [5, 5.41) is 18.7. The van der Waals surface area contributed by atoms with Gasteiger partial charge < -0.3 is 39.8 Å². The maximum absolute atomic E-state index is 15.5. The summed E-state index contributed by atoms with van der Waals surface area (Å²) < 4.78 is 59.3. The highest BCUT2D eigenvalue weighted by molar-refractivity contribution is 7.90. The molecule has 8 rings (SSSR count). The van der Waals surface area contributed by atoms with Crippen LogP contribution in [-0.4, -0.2) is 125 Å². The van der Waals surface area contributed by atoms with E-state index in [-0.39, 0.29) is 96.5 Å². The second kappa shape index (κ2) is 25.0. The van der Waals surface area contributed by atoms with Gasteiger partial charge in [-0.3, -0.25) is 43.4 Å². The van der Waals surface area contributed by atoms with E-state index >= 15 is 4.39 Å². The Labute approximate surface area is 473 Å². The lowest BCUT2D eigenvalue weighted by Crippen LogP contribution is -2.49. The molecule has 5 heterocycles. The Hall–Kier alpha value is -7.44. The zero-order chi connectivity index (χ0) is 59.5. The van der Waals surface area contributed by atoms with Crippen molar-refractivity contribution in [1.29, 1.82) is 0 Å². The number of hydrogen-bond acceptors (Lipinski definition) is 16. The number of halogens is 1. The number of Topliss-reactive ketones (excluding diaryl/α,β-unsaturated/α-hetero) is 1. The van der Waals surface area contributed by atoms with Gasteiger partial charge >= 0.3 is 12.1 Å². The number of esters is 1. The Morgan fingerprint density at radius 2 is 1.73 bits per heavy atom. The van der Waals surface area contributed by atoms with Gasteiger partial charge in [-0.25, -0.2) is 27.4 Å². The van der Waals surface area contributed by atoms with Crippen LogP contribution in [0.5, 0.6) is 0 Å². The number of rotatable bonds is 24. The summed E-state index contributed by atoms with van der Waals surface area (Å²) in [7, 11) is -3.67. The fourth-order valence-corrected chi connectivity index (χ4v) is 11.8. The first-order valence-electron chi connectivity index (χ1n) is 27.6. The van der Waals surface area contributed by atoms with E-state index in [1.54, 1.807) is 71.9 Å². The van der Waals surface area contributed by atoms with Crippen molar-refractivity contribution in [3.63, 3.8) is 0 Å². The number of carbonyl (C=O) groups is 8. The molecule has 2 aromatic heterocycles. The largest absolute Gasteiger partial charge is 0.458 e. The number of benzene rings is 2. The predicted molar refractivity (Wildman–Crippen MR) is 295 cm³/mol. The number of unbranched alkanes of at least 4 members (excludes halogenated alkanes) is 2. The van der Waals surface area contributed by atoms with Crippen molar-refractivity contribution in [2.24, 2.45) is 17.8 Å². The predicted octanol–water partition coefficient (Wildman–Crippen LogP) is 4.92.